The molecular weight excluding hydrogens is 358 g/mol. The molecule has 3 rings (SSSR count). The maximum absolute atomic E-state index is 13.0. The second kappa shape index (κ2) is 7.05. The Labute approximate surface area is 153 Å². The topological polar surface area (TPSA) is 102 Å². The van der Waals surface area contributed by atoms with Crippen LogP contribution in [0.3, 0.4) is 0 Å². The number of sulfonamides is 1. The highest BCUT2D eigenvalue weighted by Crippen LogP contribution is 2.33. The Bertz CT molecular complexity index is 788. The summed E-state index contributed by atoms with van der Waals surface area (Å²) in [5, 5.41) is 0. The van der Waals surface area contributed by atoms with Gasteiger partial charge in [0.2, 0.25) is 15.9 Å². The van der Waals surface area contributed by atoms with Crippen molar-refractivity contribution in [1.82, 2.24) is 9.21 Å². The quantitative estimate of drug-likeness (QED) is 0.812. The molecule has 1 saturated heterocycles. The summed E-state index contributed by atoms with van der Waals surface area (Å²) < 4.78 is 38.3. The molecule has 1 aromatic carbocycles. The summed E-state index contributed by atoms with van der Waals surface area (Å²) in [4.78, 5) is 14.2. The van der Waals surface area contributed by atoms with E-state index in [9.17, 15) is 13.2 Å². The second-order valence-corrected chi connectivity index (χ2v) is 9.01. The van der Waals surface area contributed by atoms with Gasteiger partial charge in [0, 0.05) is 32.2 Å². The Balaban J connectivity index is 1.77. The van der Waals surface area contributed by atoms with Crippen molar-refractivity contribution >= 4 is 15.9 Å². The molecule has 0 spiro atoms. The Kier molecular flexibility index (Phi) is 5.14. The van der Waals surface area contributed by atoms with E-state index in [1.54, 1.807) is 24.8 Å². The number of rotatable bonds is 3. The molecule has 144 valence electrons. The third kappa shape index (κ3) is 3.79. The van der Waals surface area contributed by atoms with Crippen LogP contribution < -0.4 is 15.2 Å². The van der Waals surface area contributed by atoms with Crippen LogP contribution in [0.1, 0.15) is 20.3 Å². The van der Waals surface area contributed by atoms with Crippen molar-refractivity contribution in [3.05, 3.63) is 18.2 Å². The van der Waals surface area contributed by atoms with E-state index in [2.05, 4.69) is 0 Å². The van der Waals surface area contributed by atoms with Crippen LogP contribution in [0.2, 0.25) is 0 Å². The Morgan fingerprint density at radius 3 is 2.46 bits per heavy atom. The van der Waals surface area contributed by atoms with Gasteiger partial charge in [0.1, 0.15) is 13.2 Å². The summed E-state index contributed by atoms with van der Waals surface area (Å²) in [5.41, 5.74) is 4.92. The van der Waals surface area contributed by atoms with Crippen molar-refractivity contribution in [2.45, 2.75) is 30.7 Å². The molecule has 2 N–H and O–H groups in total. The molecule has 1 fully saturated rings. The average Bonchev–Trinajstić information content (AvgIpc) is 2.86. The highest BCUT2D eigenvalue weighted by atomic mass is 32.2. The molecule has 8 nitrogen and oxygen atoms in total. The molecule has 2 aliphatic rings. The maximum Gasteiger partial charge on any atom is 0.243 e. The molecule has 1 aromatic rings. The summed E-state index contributed by atoms with van der Waals surface area (Å²) >= 11 is 0. The Morgan fingerprint density at radius 2 is 1.77 bits per heavy atom. The molecule has 0 aliphatic carbocycles. The van der Waals surface area contributed by atoms with Crippen LogP contribution >= 0.6 is 0 Å². The lowest BCUT2D eigenvalue weighted by molar-refractivity contribution is -0.135. The van der Waals surface area contributed by atoms with Crippen molar-refractivity contribution in [2.75, 3.05) is 39.4 Å². The second-order valence-electron chi connectivity index (χ2n) is 7.08. The van der Waals surface area contributed by atoms with Crippen LogP contribution in [0.4, 0.5) is 0 Å². The van der Waals surface area contributed by atoms with Crippen molar-refractivity contribution < 1.29 is 22.7 Å². The van der Waals surface area contributed by atoms with Gasteiger partial charge in [-0.1, -0.05) is 0 Å². The lowest BCUT2D eigenvalue weighted by atomic mass is 10.1. The van der Waals surface area contributed by atoms with E-state index >= 15 is 0 Å². The number of amides is 1. The molecule has 0 radical (unpaired) electrons. The average molecular weight is 383 g/mol. The summed E-state index contributed by atoms with van der Waals surface area (Å²) in [6.45, 7) is 5.56. The zero-order valence-corrected chi connectivity index (χ0v) is 15.9. The minimum atomic E-state index is -3.67. The highest BCUT2D eigenvalue weighted by Gasteiger charge is 2.32. The molecule has 2 aliphatic heterocycles. The normalized spacial score (nSPS) is 19.1. The number of carbonyl (C=O) groups excluding carboxylic acids is 1. The van der Waals surface area contributed by atoms with Gasteiger partial charge in [-0.05, 0) is 32.4 Å². The third-order valence-corrected chi connectivity index (χ3v) is 6.34. The Morgan fingerprint density at radius 1 is 1.08 bits per heavy atom. The fourth-order valence-corrected chi connectivity index (χ4v) is 4.56. The number of hydrogen-bond donors (Lipinski definition) is 1. The van der Waals surface area contributed by atoms with Gasteiger partial charge in [0.15, 0.2) is 11.5 Å². The van der Waals surface area contributed by atoms with E-state index in [1.807, 2.05) is 0 Å². The first-order valence-corrected chi connectivity index (χ1v) is 10.1. The van der Waals surface area contributed by atoms with E-state index in [-0.39, 0.29) is 17.3 Å². The van der Waals surface area contributed by atoms with E-state index in [4.69, 9.17) is 15.2 Å². The van der Waals surface area contributed by atoms with E-state index < -0.39 is 15.6 Å². The van der Waals surface area contributed by atoms with Crippen LogP contribution in [0, 0.1) is 0 Å². The van der Waals surface area contributed by atoms with Crippen LogP contribution in [-0.2, 0) is 14.8 Å². The minimum absolute atomic E-state index is 0.167. The van der Waals surface area contributed by atoms with Crippen molar-refractivity contribution in [2.24, 2.45) is 5.73 Å². The standard InChI is InChI=1S/C17H25N3O5S/c1-17(2,18)16(21)19-6-3-7-20(9-8-19)26(22,23)13-4-5-14-15(12-13)25-11-10-24-14/h4-5,12H,3,6-11,18H2,1-2H3. The Hall–Kier alpha value is -1.84. The number of ether oxygens (including phenoxy) is 2. The first-order chi connectivity index (χ1) is 12.2. The van der Waals surface area contributed by atoms with E-state index in [0.29, 0.717) is 50.8 Å². The van der Waals surface area contributed by atoms with Gasteiger partial charge in [-0.15, -0.1) is 0 Å². The smallest absolute Gasteiger partial charge is 0.243 e. The van der Waals surface area contributed by atoms with Gasteiger partial charge in [0.05, 0.1) is 10.4 Å². The molecule has 0 atom stereocenters. The first kappa shape index (κ1) is 18.9. The van der Waals surface area contributed by atoms with Crippen molar-refractivity contribution in [3.8, 4) is 11.5 Å². The number of nitrogens with zero attached hydrogens (tertiary/aromatic N) is 2. The van der Waals surface area contributed by atoms with Gasteiger partial charge < -0.3 is 20.1 Å². The number of fused-ring (bicyclic) bond motifs is 1. The molecule has 26 heavy (non-hydrogen) atoms. The van der Waals surface area contributed by atoms with Crippen LogP contribution in [0.5, 0.6) is 11.5 Å². The number of carbonyl (C=O) groups is 1. The largest absolute Gasteiger partial charge is 0.486 e. The first-order valence-electron chi connectivity index (χ1n) is 8.67. The minimum Gasteiger partial charge on any atom is -0.486 e. The predicted molar refractivity (Wildman–Crippen MR) is 95.7 cm³/mol. The highest BCUT2D eigenvalue weighted by molar-refractivity contribution is 7.89. The lowest BCUT2D eigenvalue weighted by Gasteiger charge is -2.28. The number of hydrogen-bond acceptors (Lipinski definition) is 6. The zero-order chi connectivity index (χ0) is 18.9. The fourth-order valence-electron chi connectivity index (χ4n) is 3.08. The van der Waals surface area contributed by atoms with E-state index in [1.165, 1.54) is 16.4 Å². The monoisotopic (exact) mass is 383 g/mol. The molecule has 0 unspecified atom stereocenters. The van der Waals surface area contributed by atoms with Gasteiger partial charge in [-0.2, -0.15) is 4.31 Å². The van der Waals surface area contributed by atoms with Crippen molar-refractivity contribution in [3.63, 3.8) is 0 Å². The van der Waals surface area contributed by atoms with Crippen LogP contribution in [0.25, 0.3) is 0 Å². The SMILES string of the molecule is CC(C)(N)C(=O)N1CCCN(S(=O)(=O)c2ccc3c(c2)OCCO3)CC1. The molecule has 0 aromatic heterocycles. The summed E-state index contributed by atoms with van der Waals surface area (Å²) in [5.74, 6) is 0.818. The number of nitrogens with two attached hydrogens (primary N) is 1. The van der Waals surface area contributed by atoms with Gasteiger partial charge in [0.25, 0.3) is 0 Å². The van der Waals surface area contributed by atoms with Crippen molar-refractivity contribution in [1.29, 1.82) is 0 Å². The molecule has 0 bridgehead atoms. The molecule has 9 heteroatoms. The van der Waals surface area contributed by atoms with Crippen LogP contribution in [0.15, 0.2) is 23.1 Å². The van der Waals surface area contributed by atoms with Gasteiger partial charge in [-0.25, -0.2) is 8.42 Å². The summed E-state index contributed by atoms with van der Waals surface area (Å²) in [6, 6.07) is 4.65. The van der Waals surface area contributed by atoms with Gasteiger partial charge >= 0.3 is 0 Å². The summed E-state index contributed by atoms with van der Waals surface area (Å²) in [6.07, 6.45) is 0.561. The van der Waals surface area contributed by atoms with E-state index in [0.717, 1.165) is 0 Å². The third-order valence-electron chi connectivity index (χ3n) is 4.44. The van der Waals surface area contributed by atoms with Crippen LogP contribution in [-0.4, -0.2) is 68.5 Å². The molecule has 2 heterocycles. The molecule has 0 saturated carbocycles. The summed E-state index contributed by atoms with van der Waals surface area (Å²) in [7, 11) is -3.67. The predicted octanol–water partition coefficient (Wildman–Crippen LogP) is 0.418. The maximum atomic E-state index is 13.0. The number of benzene rings is 1. The fraction of sp³-hybridized carbons (Fsp3) is 0.588. The molecular formula is C17H25N3O5S. The lowest BCUT2D eigenvalue weighted by Crippen LogP contribution is -2.52. The zero-order valence-electron chi connectivity index (χ0n) is 15.1. The molecule has 1 amide bonds. The van der Waals surface area contributed by atoms with Gasteiger partial charge in [-0.3, -0.25) is 4.79 Å².